The van der Waals surface area contributed by atoms with E-state index in [0.717, 1.165) is 5.39 Å². The maximum absolute atomic E-state index is 13.4. The van der Waals surface area contributed by atoms with Gasteiger partial charge < -0.3 is 5.11 Å². The van der Waals surface area contributed by atoms with Crippen molar-refractivity contribution in [2.24, 2.45) is 0 Å². The fourth-order valence-electron chi connectivity index (χ4n) is 1.44. The number of halogens is 1. The maximum Gasteiger partial charge on any atom is 0.307 e. The molecular formula is C11H8FNO2. The van der Waals surface area contributed by atoms with Crippen LogP contribution in [0.5, 0.6) is 0 Å². The molecular weight excluding hydrogens is 197 g/mol. The first-order valence-corrected chi connectivity index (χ1v) is 4.42. The molecule has 0 unspecified atom stereocenters. The third kappa shape index (κ3) is 1.93. The second-order valence-electron chi connectivity index (χ2n) is 3.21. The number of benzene rings is 1. The van der Waals surface area contributed by atoms with Gasteiger partial charge in [0.2, 0.25) is 0 Å². The summed E-state index contributed by atoms with van der Waals surface area (Å²) in [6.07, 6.45) is 1.26. The van der Waals surface area contributed by atoms with Gasteiger partial charge in [-0.1, -0.05) is 6.07 Å². The number of rotatable bonds is 2. The van der Waals surface area contributed by atoms with Gasteiger partial charge in [0.1, 0.15) is 5.82 Å². The van der Waals surface area contributed by atoms with E-state index in [2.05, 4.69) is 4.98 Å². The van der Waals surface area contributed by atoms with Crippen LogP contribution in [0, 0.1) is 5.82 Å². The van der Waals surface area contributed by atoms with Gasteiger partial charge in [0.05, 0.1) is 11.9 Å². The van der Waals surface area contributed by atoms with E-state index in [0.29, 0.717) is 5.52 Å². The molecule has 3 nitrogen and oxygen atoms in total. The Kier molecular flexibility index (Phi) is 2.33. The minimum absolute atomic E-state index is 0.183. The third-order valence-corrected chi connectivity index (χ3v) is 2.11. The molecule has 2 aromatic rings. The molecule has 4 heteroatoms. The molecule has 0 saturated carbocycles. The maximum atomic E-state index is 13.4. The highest BCUT2D eigenvalue weighted by atomic mass is 19.1. The van der Waals surface area contributed by atoms with E-state index in [4.69, 9.17) is 5.11 Å². The zero-order chi connectivity index (χ0) is 10.8. The minimum atomic E-state index is -1.04. The summed E-state index contributed by atoms with van der Waals surface area (Å²) in [7, 11) is 0. The monoisotopic (exact) mass is 205 g/mol. The van der Waals surface area contributed by atoms with Gasteiger partial charge in [-0.3, -0.25) is 9.78 Å². The van der Waals surface area contributed by atoms with E-state index in [1.54, 1.807) is 18.3 Å². The van der Waals surface area contributed by atoms with Gasteiger partial charge in [-0.2, -0.15) is 0 Å². The van der Waals surface area contributed by atoms with Crippen molar-refractivity contribution in [1.82, 2.24) is 4.98 Å². The molecule has 0 aliphatic rings. The standard InChI is InChI=1S/C11H8FNO2/c12-9-6-10-7(2-1-3-13-10)4-8(9)5-11(14)15/h1-4,6H,5H2,(H,14,15). The van der Waals surface area contributed by atoms with E-state index in [1.807, 2.05) is 0 Å². The van der Waals surface area contributed by atoms with Crippen molar-refractivity contribution in [3.8, 4) is 0 Å². The van der Waals surface area contributed by atoms with Gasteiger partial charge >= 0.3 is 5.97 Å². The van der Waals surface area contributed by atoms with E-state index in [9.17, 15) is 9.18 Å². The lowest BCUT2D eigenvalue weighted by atomic mass is 10.1. The van der Waals surface area contributed by atoms with Gasteiger partial charge in [0, 0.05) is 17.6 Å². The third-order valence-electron chi connectivity index (χ3n) is 2.11. The van der Waals surface area contributed by atoms with Crippen LogP contribution in [0.1, 0.15) is 5.56 Å². The highest BCUT2D eigenvalue weighted by Crippen LogP contribution is 2.17. The second-order valence-corrected chi connectivity index (χ2v) is 3.21. The number of carboxylic acid groups (broad SMARTS) is 1. The van der Waals surface area contributed by atoms with Crippen molar-refractivity contribution in [1.29, 1.82) is 0 Å². The highest BCUT2D eigenvalue weighted by molar-refractivity contribution is 5.81. The molecule has 2 rings (SSSR count). The first-order chi connectivity index (χ1) is 7.16. The van der Waals surface area contributed by atoms with E-state index >= 15 is 0 Å². The predicted octanol–water partition coefficient (Wildman–Crippen LogP) is 2.00. The van der Waals surface area contributed by atoms with Crippen LogP contribution in [0.3, 0.4) is 0 Å². The highest BCUT2D eigenvalue weighted by Gasteiger charge is 2.08. The van der Waals surface area contributed by atoms with Crippen LogP contribution in [0.25, 0.3) is 10.9 Å². The lowest BCUT2D eigenvalue weighted by Crippen LogP contribution is -2.02. The zero-order valence-corrected chi connectivity index (χ0v) is 7.77. The lowest BCUT2D eigenvalue weighted by molar-refractivity contribution is -0.136. The van der Waals surface area contributed by atoms with Crippen LogP contribution in [0.2, 0.25) is 0 Å². The molecule has 0 saturated heterocycles. The molecule has 1 aromatic heterocycles. The van der Waals surface area contributed by atoms with Crippen LogP contribution in [0.15, 0.2) is 30.5 Å². The van der Waals surface area contributed by atoms with Gasteiger partial charge in [-0.15, -0.1) is 0 Å². The number of fused-ring (bicyclic) bond motifs is 1. The average molecular weight is 205 g/mol. The molecule has 76 valence electrons. The topological polar surface area (TPSA) is 50.2 Å². The molecule has 1 aromatic carbocycles. The fraction of sp³-hybridized carbons (Fsp3) is 0.0909. The van der Waals surface area contributed by atoms with E-state index in [-0.39, 0.29) is 12.0 Å². The number of aliphatic carboxylic acids is 1. The summed E-state index contributed by atoms with van der Waals surface area (Å²) in [4.78, 5) is 14.4. The average Bonchev–Trinajstić information content (AvgIpc) is 2.18. The number of nitrogens with zero attached hydrogens (tertiary/aromatic N) is 1. The Bertz CT molecular complexity index is 525. The molecule has 1 heterocycles. The molecule has 0 amide bonds. The molecule has 0 aliphatic heterocycles. The molecule has 15 heavy (non-hydrogen) atoms. The lowest BCUT2D eigenvalue weighted by Gasteiger charge is -2.02. The Morgan fingerprint density at radius 2 is 2.27 bits per heavy atom. The molecule has 1 N–H and O–H groups in total. The van der Waals surface area contributed by atoms with Crippen molar-refractivity contribution in [3.05, 3.63) is 41.8 Å². The van der Waals surface area contributed by atoms with E-state index in [1.165, 1.54) is 12.1 Å². The van der Waals surface area contributed by atoms with Crippen molar-refractivity contribution in [3.63, 3.8) is 0 Å². The summed E-state index contributed by atoms with van der Waals surface area (Å²) in [6.45, 7) is 0. The molecule has 0 atom stereocenters. The second kappa shape index (κ2) is 3.65. The van der Waals surface area contributed by atoms with Gasteiger partial charge in [0.15, 0.2) is 0 Å². The first kappa shape index (κ1) is 9.58. The Balaban J connectivity index is 2.56. The number of aromatic nitrogens is 1. The molecule has 0 fully saturated rings. The summed E-state index contributed by atoms with van der Waals surface area (Å²) in [5, 5.41) is 9.33. The number of carbonyl (C=O) groups is 1. The van der Waals surface area contributed by atoms with Gasteiger partial charge in [0.25, 0.3) is 0 Å². The SMILES string of the molecule is O=C(O)Cc1cc2cccnc2cc1F. The van der Waals surface area contributed by atoms with Crippen LogP contribution in [-0.4, -0.2) is 16.1 Å². The molecule has 0 radical (unpaired) electrons. The normalized spacial score (nSPS) is 10.5. The predicted molar refractivity (Wildman–Crippen MR) is 53.0 cm³/mol. The van der Waals surface area contributed by atoms with Gasteiger partial charge in [-0.25, -0.2) is 4.39 Å². The van der Waals surface area contributed by atoms with Crippen molar-refractivity contribution >= 4 is 16.9 Å². The summed E-state index contributed by atoms with van der Waals surface area (Å²) in [6, 6.07) is 6.28. The number of hydrogen-bond acceptors (Lipinski definition) is 2. The van der Waals surface area contributed by atoms with Crippen molar-refractivity contribution in [2.75, 3.05) is 0 Å². The number of hydrogen-bond donors (Lipinski definition) is 1. The quantitative estimate of drug-likeness (QED) is 0.815. The van der Waals surface area contributed by atoms with Gasteiger partial charge in [-0.05, 0) is 17.7 Å². The summed E-state index contributed by atoms with van der Waals surface area (Å²) in [5.41, 5.74) is 0.715. The Labute approximate surface area is 85.2 Å². The Morgan fingerprint density at radius 3 is 3.00 bits per heavy atom. The molecule has 0 spiro atoms. The van der Waals surface area contributed by atoms with Crippen molar-refractivity contribution in [2.45, 2.75) is 6.42 Å². The zero-order valence-electron chi connectivity index (χ0n) is 7.77. The van der Waals surface area contributed by atoms with Crippen molar-refractivity contribution < 1.29 is 14.3 Å². The summed E-state index contributed by atoms with van der Waals surface area (Å²) >= 11 is 0. The van der Waals surface area contributed by atoms with Crippen LogP contribution >= 0.6 is 0 Å². The molecule has 0 bridgehead atoms. The summed E-state index contributed by atoms with van der Waals surface area (Å²) in [5.74, 6) is -1.57. The van der Waals surface area contributed by atoms with E-state index < -0.39 is 11.8 Å². The first-order valence-electron chi connectivity index (χ1n) is 4.42. The largest absolute Gasteiger partial charge is 0.481 e. The molecule has 0 aliphatic carbocycles. The smallest absolute Gasteiger partial charge is 0.307 e. The summed E-state index contributed by atoms with van der Waals surface area (Å²) < 4.78 is 13.4. The van der Waals surface area contributed by atoms with Crippen LogP contribution in [-0.2, 0) is 11.2 Å². The van der Waals surface area contributed by atoms with Crippen LogP contribution < -0.4 is 0 Å². The Morgan fingerprint density at radius 1 is 1.47 bits per heavy atom. The Hall–Kier alpha value is -1.97. The van der Waals surface area contributed by atoms with Crippen LogP contribution in [0.4, 0.5) is 4.39 Å². The number of pyridine rings is 1. The fourth-order valence-corrected chi connectivity index (χ4v) is 1.44. The number of carboxylic acids is 1. The minimum Gasteiger partial charge on any atom is -0.481 e.